The van der Waals surface area contributed by atoms with Gasteiger partial charge in [0.25, 0.3) is 0 Å². The molecule has 0 amide bonds. The van der Waals surface area contributed by atoms with E-state index in [1.54, 1.807) is 13.8 Å². The number of ether oxygens (including phenoxy) is 2. The third-order valence-corrected chi connectivity index (χ3v) is 3.39. The largest absolute Gasteiger partial charge is 0.465 e. The van der Waals surface area contributed by atoms with Gasteiger partial charge in [-0.2, -0.15) is 25.3 Å². The molecule has 2 atom stereocenters. The van der Waals surface area contributed by atoms with E-state index in [4.69, 9.17) is 9.47 Å². The van der Waals surface area contributed by atoms with Crippen LogP contribution >= 0.6 is 25.3 Å². The van der Waals surface area contributed by atoms with Gasteiger partial charge in [0.2, 0.25) is 0 Å². The first-order valence-corrected chi connectivity index (χ1v) is 8.20. The van der Waals surface area contributed by atoms with Crippen LogP contribution in [0.15, 0.2) is 5.29 Å². The van der Waals surface area contributed by atoms with Gasteiger partial charge in [-0.25, -0.2) is 9.80 Å². The van der Waals surface area contributed by atoms with E-state index in [0.717, 1.165) is 5.01 Å². The summed E-state index contributed by atoms with van der Waals surface area (Å²) in [6, 6.07) is -1.45. The first-order valence-electron chi connectivity index (χ1n) is 6.93. The molecule has 1 N–H and O–H groups in total. The number of hydrogen-bond acceptors (Lipinski definition) is 9. The van der Waals surface area contributed by atoms with Gasteiger partial charge in [-0.15, -0.1) is 4.91 Å². The average molecular weight is 353 g/mol. The van der Waals surface area contributed by atoms with Crippen LogP contribution in [-0.4, -0.2) is 66.8 Å². The fraction of sp³-hybridized carbons (Fsp3) is 0.833. The van der Waals surface area contributed by atoms with Crippen LogP contribution in [0, 0.1) is 4.91 Å². The van der Waals surface area contributed by atoms with Crippen LogP contribution in [0.4, 0.5) is 0 Å². The molecule has 8 nitrogen and oxygen atoms in total. The molecule has 0 rings (SSSR count). The van der Waals surface area contributed by atoms with Gasteiger partial charge in [-0.3, -0.25) is 4.79 Å². The van der Waals surface area contributed by atoms with Crippen LogP contribution in [-0.2, 0) is 19.1 Å². The Kier molecular flexibility index (Phi) is 12.0. The topological polar surface area (TPSA) is 97.3 Å². The third kappa shape index (κ3) is 7.32. The van der Waals surface area contributed by atoms with E-state index >= 15 is 0 Å². The van der Waals surface area contributed by atoms with Crippen LogP contribution in [0.2, 0.25) is 0 Å². The quantitative estimate of drug-likeness (QED) is 0.201. The van der Waals surface area contributed by atoms with E-state index in [9.17, 15) is 14.5 Å². The monoisotopic (exact) mass is 353 g/mol. The molecule has 10 heteroatoms. The molecule has 22 heavy (non-hydrogen) atoms. The van der Waals surface area contributed by atoms with Gasteiger partial charge >= 0.3 is 11.9 Å². The Bertz CT molecular complexity index is 360. The molecule has 0 aromatic carbocycles. The Morgan fingerprint density at radius 3 is 2.18 bits per heavy atom. The molecule has 0 aliphatic carbocycles. The van der Waals surface area contributed by atoms with Crippen molar-refractivity contribution in [3.05, 3.63) is 4.91 Å². The second-order valence-corrected chi connectivity index (χ2v) is 4.87. The Morgan fingerprint density at radius 2 is 1.73 bits per heavy atom. The van der Waals surface area contributed by atoms with Crippen molar-refractivity contribution >= 4 is 37.2 Å². The van der Waals surface area contributed by atoms with Gasteiger partial charge in [0, 0.05) is 18.1 Å². The highest BCUT2D eigenvalue weighted by molar-refractivity contribution is 7.80. The zero-order valence-electron chi connectivity index (χ0n) is 12.7. The molecule has 0 spiro atoms. The summed E-state index contributed by atoms with van der Waals surface area (Å²) < 4.78 is 9.74. The van der Waals surface area contributed by atoms with Crippen molar-refractivity contribution in [2.24, 2.45) is 5.29 Å². The molecule has 0 saturated carbocycles. The average Bonchev–Trinajstić information content (AvgIpc) is 2.50. The van der Waals surface area contributed by atoms with E-state index in [-0.39, 0.29) is 37.8 Å². The third-order valence-electron chi connectivity index (χ3n) is 2.68. The summed E-state index contributed by atoms with van der Waals surface area (Å²) in [4.78, 5) is 34.2. The van der Waals surface area contributed by atoms with Gasteiger partial charge in [-0.05, 0) is 13.8 Å². The second kappa shape index (κ2) is 12.5. The van der Waals surface area contributed by atoms with Gasteiger partial charge in [-0.1, -0.05) is 0 Å². The Hall–Kier alpha value is -1.00. The van der Waals surface area contributed by atoms with Crippen LogP contribution in [0.3, 0.4) is 0 Å². The number of rotatable bonds is 12. The number of carbonyl (C=O) groups is 2. The van der Waals surface area contributed by atoms with Gasteiger partial charge in [0.05, 0.1) is 25.0 Å². The minimum absolute atomic E-state index is 0.0957. The molecular formula is C12H23N3O5S2. The highest BCUT2D eigenvalue weighted by Gasteiger charge is 2.26. The van der Waals surface area contributed by atoms with Crippen molar-refractivity contribution in [1.82, 2.24) is 10.3 Å². The van der Waals surface area contributed by atoms with Gasteiger partial charge in [0.15, 0.2) is 6.04 Å². The first-order chi connectivity index (χ1) is 10.5. The Labute approximate surface area is 141 Å². The Morgan fingerprint density at radius 1 is 1.14 bits per heavy atom. The number of nitrogens with one attached hydrogen (secondary N) is 1. The summed E-state index contributed by atoms with van der Waals surface area (Å²) in [5.41, 5.74) is 0. The molecule has 0 unspecified atom stereocenters. The number of esters is 2. The maximum absolute atomic E-state index is 11.7. The zero-order chi connectivity index (χ0) is 17.0. The minimum atomic E-state index is -0.861. The van der Waals surface area contributed by atoms with Crippen LogP contribution in [0.25, 0.3) is 0 Å². The minimum Gasteiger partial charge on any atom is -0.465 e. The fourth-order valence-electron chi connectivity index (χ4n) is 1.60. The predicted molar refractivity (Wildman–Crippen MR) is 89.1 cm³/mol. The molecule has 0 fully saturated rings. The van der Waals surface area contributed by atoms with Crippen molar-refractivity contribution < 1.29 is 19.1 Å². The number of nitrogens with zero attached hydrogens (tertiary/aromatic N) is 2. The lowest BCUT2D eigenvalue weighted by molar-refractivity contribution is -0.149. The highest BCUT2D eigenvalue weighted by Crippen LogP contribution is 2.05. The smallest absolute Gasteiger partial charge is 0.331 e. The summed E-state index contributed by atoms with van der Waals surface area (Å²) in [5.74, 6) is -0.632. The van der Waals surface area contributed by atoms with Crippen molar-refractivity contribution in [1.29, 1.82) is 0 Å². The molecule has 0 bridgehead atoms. The van der Waals surface area contributed by atoms with Gasteiger partial charge < -0.3 is 14.8 Å². The lowest BCUT2D eigenvalue weighted by Gasteiger charge is -2.24. The van der Waals surface area contributed by atoms with E-state index in [2.05, 4.69) is 35.9 Å². The molecular weight excluding hydrogens is 330 g/mol. The number of hydrogen-bond donors (Lipinski definition) is 3. The molecule has 0 aliphatic heterocycles. The van der Waals surface area contributed by atoms with Crippen LogP contribution < -0.4 is 5.32 Å². The summed E-state index contributed by atoms with van der Waals surface area (Å²) in [6.07, 6.45) is 0. The molecule has 128 valence electrons. The molecule has 0 aromatic heterocycles. The zero-order valence-corrected chi connectivity index (χ0v) is 14.5. The number of carbonyl (C=O) groups excluding carboxylic acids is 2. The molecule has 0 aromatic rings. The number of thiol groups is 2. The van der Waals surface area contributed by atoms with Crippen LogP contribution in [0.1, 0.15) is 13.8 Å². The lowest BCUT2D eigenvalue weighted by Crippen LogP contribution is -2.46. The van der Waals surface area contributed by atoms with E-state index in [0.29, 0.717) is 0 Å². The normalized spacial score (nSPS) is 13.1. The van der Waals surface area contributed by atoms with Crippen molar-refractivity contribution in [3.8, 4) is 0 Å². The first kappa shape index (κ1) is 21.0. The maximum atomic E-state index is 11.7. The van der Waals surface area contributed by atoms with Crippen molar-refractivity contribution in [2.75, 3.05) is 37.8 Å². The standard InChI is InChI=1S/C12H23N3O5S2/c1-3-19-11(16)9(7-21)13-5-6-15(14-18)10(8-22)12(17)20-4-2/h9-10,13,21-22H,3-8H2,1-2H3/t9-,10-/m0/s1. The van der Waals surface area contributed by atoms with Crippen molar-refractivity contribution in [2.45, 2.75) is 25.9 Å². The lowest BCUT2D eigenvalue weighted by atomic mass is 10.3. The summed E-state index contributed by atoms with van der Waals surface area (Å²) in [5, 5.41) is 6.77. The number of nitroso groups, excluding NO2 is 1. The fourth-order valence-corrected chi connectivity index (χ4v) is 2.22. The molecule has 0 aliphatic rings. The molecule has 0 saturated heterocycles. The van der Waals surface area contributed by atoms with E-state index in [1.165, 1.54) is 0 Å². The maximum Gasteiger partial charge on any atom is 0.331 e. The highest BCUT2D eigenvalue weighted by atomic mass is 32.1. The second-order valence-electron chi connectivity index (χ2n) is 4.14. The summed E-state index contributed by atoms with van der Waals surface area (Å²) in [6.45, 7) is 4.24. The molecule has 0 heterocycles. The Balaban J connectivity index is 4.46. The van der Waals surface area contributed by atoms with Crippen LogP contribution in [0.5, 0.6) is 0 Å². The van der Waals surface area contributed by atoms with Gasteiger partial charge in [0.1, 0.15) is 6.04 Å². The SMILES string of the molecule is CCOC(=O)[C@H](CS)NCCN(N=O)[C@@H](CS)C(=O)OCC. The van der Waals surface area contributed by atoms with E-state index in [1.807, 2.05) is 0 Å². The summed E-state index contributed by atoms with van der Waals surface area (Å²) in [7, 11) is 0. The summed E-state index contributed by atoms with van der Waals surface area (Å²) >= 11 is 8.10. The predicted octanol–water partition coefficient (Wildman–Crippen LogP) is 0.282. The van der Waals surface area contributed by atoms with Crippen molar-refractivity contribution in [3.63, 3.8) is 0 Å². The van der Waals surface area contributed by atoms with E-state index < -0.39 is 24.0 Å². The molecule has 0 radical (unpaired) electrons.